The molecule has 0 radical (unpaired) electrons. The topological polar surface area (TPSA) is 110 Å². The van der Waals surface area contributed by atoms with Crippen molar-refractivity contribution < 1.29 is 29.2 Å². The van der Waals surface area contributed by atoms with Gasteiger partial charge in [-0.3, -0.25) is 4.79 Å². The summed E-state index contributed by atoms with van der Waals surface area (Å²) in [4.78, 5) is 12.5. The highest BCUT2D eigenvalue weighted by atomic mass is 16.5. The number of carbonyl (C=O) groups is 1. The van der Waals surface area contributed by atoms with Crippen molar-refractivity contribution in [3.05, 3.63) is 41.5 Å². The highest BCUT2D eigenvalue weighted by Gasteiger charge is 2.18. The Bertz CT molecular complexity index is 824. The highest BCUT2D eigenvalue weighted by Crippen LogP contribution is 2.39. The first-order chi connectivity index (χ1) is 13.5. The van der Waals surface area contributed by atoms with E-state index in [0.717, 1.165) is 0 Å². The van der Waals surface area contributed by atoms with Crippen molar-refractivity contribution in [2.24, 2.45) is 5.10 Å². The van der Waals surface area contributed by atoms with Gasteiger partial charge in [0.1, 0.15) is 0 Å². The molecule has 0 saturated heterocycles. The van der Waals surface area contributed by atoms with Crippen LogP contribution in [0.5, 0.6) is 28.7 Å². The number of phenolic OH excluding ortho intramolecular Hbond substituents is 2. The zero-order chi connectivity index (χ0) is 20.5. The van der Waals surface area contributed by atoms with Crippen LogP contribution in [0.25, 0.3) is 0 Å². The van der Waals surface area contributed by atoms with E-state index in [2.05, 4.69) is 10.5 Å². The zero-order valence-corrected chi connectivity index (χ0v) is 16.1. The van der Waals surface area contributed by atoms with Crippen LogP contribution in [0, 0.1) is 0 Å². The second-order valence-corrected chi connectivity index (χ2v) is 5.51. The molecular weight excluding hydrogens is 364 g/mol. The number of carbonyl (C=O) groups excluding carboxylic acids is 1. The third-order valence-electron chi connectivity index (χ3n) is 3.59. The van der Waals surface area contributed by atoms with Crippen LogP contribution >= 0.6 is 0 Å². The molecule has 0 bridgehead atoms. The minimum absolute atomic E-state index is 0.261. The summed E-state index contributed by atoms with van der Waals surface area (Å²) in [5.41, 5.74) is 2.90. The quantitative estimate of drug-likeness (QED) is 0.346. The van der Waals surface area contributed by atoms with Gasteiger partial charge in [-0.15, -0.1) is 0 Å². The number of rotatable bonds is 9. The molecule has 2 aromatic rings. The predicted octanol–water partition coefficient (Wildman–Crippen LogP) is 3.06. The summed E-state index contributed by atoms with van der Waals surface area (Å²) in [5.74, 6) is 0.144. The molecule has 0 heterocycles. The van der Waals surface area contributed by atoms with E-state index in [0.29, 0.717) is 37.1 Å². The molecular formula is C20H24N2O6. The first-order valence-corrected chi connectivity index (χ1v) is 8.92. The molecule has 2 rings (SSSR count). The maximum Gasteiger partial charge on any atom is 0.271 e. The van der Waals surface area contributed by atoms with Gasteiger partial charge >= 0.3 is 0 Å². The first-order valence-electron chi connectivity index (χ1n) is 8.92. The summed E-state index contributed by atoms with van der Waals surface area (Å²) in [6.45, 7) is 6.71. The third kappa shape index (κ3) is 5.06. The Kier molecular flexibility index (Phi) is 7.50. The van der Waals surface area contributed by atoms with Crippen LogP contribution in [0.4, 0.5) is 0 Å². The van der Waals surface area contributed by atoms with Gasteiger partial charge in [-0.25, -0.2) is 5.43 Å². The molecule has 0 aromatic heterocycles. The molecule has 2 aromatic carbocycles. The van der Waals surface area contributed by atoms with Crippen LogP contribution in [0.15, 0.2) is 35.4 Å². The van der Waals surface area contributed by atoms with Crippen molar-refractivity contribution in [1.82, 2.24) is 5.43 Å². The molecule has 8 heteroatoms. The van der Waals surface area contributed by atoms with Gasteiger partial charge in [0.05, 0.1) is 26.0 Å². The maximum atomic E-state index is 12.5. The number of phenols is 2. The van der Waals surface area contributed by atoms with Gasteiger partial charge in [-0.05, 0) is 45.0 Å². The molecule has 0 aliphatic heterocycles. The van der Waals surface area contributed by atoms with Crippen LogP contribution in [0.1, 0.15) is 36.7 Å². The summed E-state index contributed by atoms with van der Waals surface area (Å²) < 4.78 is 16.8. The smallest absolute Gasteiger partial charge is 0.271 e. The van der Waals surface area contributed by atoms with E-state index in [4.69, 9.17) is 14.2 Å². The summed E-state index contributed by atoms with van der Waals surface area (Å²) in [6.07, 6.45) is 1.23. The molecule has 0 unspecified atom stereocenters. The Balaban J connectivity index is 2.26. The molecule has 28 heavy (non-hydrogen) atoms. The molecule has 0 aliphatic carbocycles. The third-order valence-corrected chi connectivity index (χ3v) is 3.59. The molecule has 0 spiro atoms. The van der Waals surface area contributed by atoms with E-state index in [1.165, 1.54) is 12.3 Å². The molecule has 8 nitrogen and oxygen atoms in total. The molecule has 0 atom stereocenters. The van der Waals surface area contributed by atoms with Crippen molar-refractivity contribution >= 4 is 12.1 Å². The van der Waals surface area contributed by atoms with Gasteiger partial charge in [0.25, 0.3) is 5.91 Å². The number of hydrogen-bond donors (Lipinski definition) is 3. The summed E-state index contributed by atoms with van der Waals surface area (Å²) in [6, 6.07) is 7.53. The molecule has 1 amide bonds. The lowest BCUT2D eigenvalue weighted by Crippen LogP contribution is -2.18. The van der Waals surface area contributed by atoms with Crippen molar-refractivity contribution in [1.29, 1.82) is 0 Å². The van der Waals surface area contributed by atoms with Crippen LogP contribution in [0.2, 0.25) is 0 Å². The lowest BCUT2D eigenvalue weighted by molar-refractivity contribution is 0.0954. The number of aromatic hydroxyl groups is 2. The molecule has 150 valence electrons. The average Bonchev–Trinajstić information content (AvgIpc) is 2.67. The number of hydrogen-bond acceptors (Lipinski definition) is 7. The van der Waals surface area contributed by atoms with Crippen LogP contribution in [0.3, 0.4) is 0 Å². The summed E-state index contributed by atoms with van der Waals surface area (Å²) in [5, 5.41) is 23.1. The van der Waals surface area contributed by atoms with Gasteiger partial charge in [0.15, 0.2) is 23.0 Å². The van der Waals surface area contributed by atoms with Gasteiger partial charge in [0.2, 0.25) is 5.75 Å². The number of ether oxygens (including phenoxy) is 3. The Morgan fingerprint density at radius 1 is 1.04 bits per heavy atom. The van der Waals surface area contributed by atoms with E-state index in [9.17, 15) is 15.0 Å². The fraction of sp³-hybridized carbons (Fsp3) is 0.300. The molecule has 0 saturated carbocycles. The number of amides is 1. The van der Waals surface area contributed by atoms with Crippen molar-refractivity contribution in [3.8, 4) is 28.7 Å². The monoisotopic (exact) mass is 388 g/mol. The minimum atomic E-state index is -0.499. The number of nitrogens with one attached hydrogen (secondary N) is 1. The van der Waals surface area contributed by atoms with E-state index in [-0.39, 0.29) is 22.6 Å². The zero-order valence-electron chi connectivity index (χ0n) is 16.1. The highest BCUT2D eigenvalue weighted by molar-refractivity contribution is 5.96. The van der Waals surface area contributed by atoms with Gasteiger partial charge in [-0.2, -0.15) is 5.10 Å². The van der Waals surface area contributed by atoms with Crippen LogP contribution in [-0.2, 0) is 0 Å². The number of nitrogens with zero attached hydrogens (tertiary/aromatic N) is 1. The maximum absolute atomic E-state index is 12.5. The Morgan fingerprint density at radius 2 is 1.64 bits per heavy atom. The lowest BCUT2D eigenvalue weighted by Gasteiger charge is -2.16. The average molecular weight is 388 g/mol. The van der Waals surface area contributed by atoms with Crippen molar-refractivity contribution in [2.75, 3.05) is 19.8 Å². The second-order valence-electron chi connectivity index (χ2n) is 5.51. The largest absolute Gasteiger partial charge is 0.504 e. The van der Waals surface area contributed by atoms with Crippen molar-refractivity contribution in [2.45, 2.75) is 20.8 Å². The summed E-state index contributed by atoms with van der Waals surface area (Å²) >= 11 is 0. The molecule has 3 N–H and O–H groups in total. The normalized spacial score (nSPS) is 10.7. The first kappa shape index (κ1) is 20.9. The Morgan fingerprint density at radius 3 is 2.21 bits per heavy atom. The lowest BCUT2D eigenvalue weighted by atomic mass is 10.1. The summed E-state index contributed by atoms with van der Waals surface area (Å²) in [7, 11) is 0. The molecule has 0 aliphatic rings. The van der Waals surface area contributed by atoms with Gasteiger partial charge in [-0.1, -0.05) is 6.07 Å². The minimum Gasteiger partial charge on any atom is -0.504 e. The Labute approximate surface area is 163 Å². The predicted molar refractivity (Wildman–Crippen MR) is 105 cm³/mol. The second kappa shape index (κ2) is 10.1. The standard InChI is InChI=1S/C20H24N2O6/c1-4-26-16-10-14(11-17(27-5-2)19(16)28-6-3)20(25)22-21-12-13-8-7-9-15(23)18(13)24/h7-12,23-24H,4-6H2,1-3H3,(H,22,25). The van der Waals surface area contributed by atoms with Crippen LogP contribution in [-0.4, -0.2) is 42.2 Å². The number of para-hydroxylation sites is 1. The van der Waals surface area contributed by atoms with Crippen molar-refractivity contribution in [3.63, 3.8) is 0 Å². The Hall–Kier alpha value is -3.42. The fourth-order valence-electron chi connectivity index (χ4n) is 2.40. The van der Waals surface area contributed by atoms with E-state index in [1.807, 2.05) is 20.8 Å². The number of hydrazone groups is 1. The van der Waals surface area contributed by atoms with Gasteiger partial charge in [0, 0.05) is 11.1 Å². The van der Waals surface area contributed by atoms with E-state index >= 15 is 0 Å². The number of benzene rings is 2. The van der Waals surface area contributed by atoms with E-state index < -0.39 is 5.91 Å². The fourth-order valence-corrected chi connectivity index (χ4v) is 2.40. The van der Waals surface area contributed by atoms with E-state index in [1.54, 1.807) is 24.3 Å². The molecule has 0 fully saturated rings. The van der Waals surface area contributed by atoms with Gasteiger partial charge < -0.3 is 24.4 Å². The SMILES string of the molecule is CCOc1cc(C(=O)NN=Cc2cccc(O)c2O)cc(OCC)c1OCC. The van der Waals surface area contributed by atoms with Crippen LogP contribution < -0.4 is 19.6 Å².